The number of nitrogens with one attached hydrogen (secondary N) is 1. The van der Waals surface area contributed by atoms with Crippen LogP contribution in [-0.4, -0.2) is 132 Å². The van der Waals surface area contributed by atoms with Gasteiger partial charge in [-0.25, -0.2) is 9.59 Å². The van der Waals surface area contributed by atoms with Gasteiger partial charge in [0.05, 0.1) is 12.5 Å². The third kappa shape index (κ3) is 5.84. The van der Waals surface area contributed by atoms with Crippen LogP contribution in [0.25, 0.3) is 0 Å². The zero-order valence-electron chi connectivity index (χ0n) is 19.0. The first kappa shape index (κ1) is 23.5. The normalized spacial score (nSPS) is 25.5. The molecule has 3 aliphatic rings. The van der Waals surface area contributed by atoms with E-state index in [1.54, 1.807) is 11.9 Å². The molecule has 1 aromatic heterocycles. The quantitative estimate of drug-likeness (QED) is 0.469. The Morgan fingerprint density at radius 1 is 1.06 bits per heavy atom. The molecule has 13 nitrogen and oxygen atoms in total. The summed E-state index contributed by atoms with van der Waals surface area (Å²) < 4.78 is 10.3. The van der Waals surface area contributed by atoms with Crippen molar-refractivity contribution in [3.8, 4) is 0 Å². The molecule has 1 aromatic rings. The van der Waals surface area contributed by atoms with Crippen LogP contribution in [-0.2, 0) is 9.53 Å². The second kappa shape index (κ2) is 10.5. The third-order valence-corrected chi connectivity index (χ3v) is 6.82. The molecule has 2 N–H and O–H groups in total. The van der Waals surface area contributed by atoms with Crippen molar-refractivity contribution < 1.29 is 24.0 Å². The van der Waals surface area contributed by atoms with Gasteiger partial charge in [-0.05, 0) is 24.5 Å². The molecule has 3 fully saturated rings. The van der Waals surface area contributed by atoms with E-state index in [2.05, 4.69) is 29.4 Å². The molecule has 33 heavy (non-hydrogen) atoms. The fourth-order valence-corrected chi connectivity index (χ4v) is 4.81. The minimum atomic E-state index is -0.779. The minimum absolute atomic E-state index is 0.00423. The number of cyclic esters (lactones) is 1. The van der Waals surface area contributed by atoms with E-state index in [-0.39, 0.29) is 24.8 Å². The maximum atomic E-state index is 12.3. The Bertz CT molecular complexity index is 859. The topological polar surface area (TPSA) is 139 Å². The van der Waals surface area contributed by atoms with Gasteiger partial charge in [-0.15, -0.1) is 0 Å². The Morgan fingerprint density at radius 3 is 2.36 bits per heavy atom. The lowest BCUT2D eigenvalue weighted by Crippen LogP contribution is -2.54. The Balaban J connectivity index is 1.21. The van der Waals surface area contributed by atoms with E-state index >= 15 is 0 Å². The van der Waals surface area contributed by atoms with Crippen molar-refractivity contribution in [1.29, 1.82) is 0 Å². The average molecular weight is 468 g/mol. The van der Waals surface area contributed by atoms with Gasteiger partial charge in [-0.3, -0.25) is 24.1 Å². The van der Waals surface area contributed by atoms with Crippen molar-refractivity contribution in [2.45, 2.75) is 31.5 Å². The molecule has 13 heteroatoms. The fraction of sp³-hybridized carbons (Fsp3) is 0.800. The number of ether oxygens (including phenoxy) is 1. The van der Waals surface area contributed by atoms with E-state index in [0.717, 1.165) is 71.7 Å². The number of carbonyl (C=O) groups excluding carboxylic acids is 1. The number of hydrogen-bond acceptors (Lipinski definition) is 10. The molecule has 2 atom stereocenters. The Labute approximate surface area is 191 Å². The van der Waals surface area contributed by atoms with Crippen LogP contribution >= 0.6 is 0 Å². The maximum absolute atomic E-state index is 12.3. The summed E-state index contributed by atoms with van der Waals surface area (Å²) >= 11 is 0. The highest BCUT2D eigenvalue weighted by Gasteiger charge is 2.43. The molecule has 1 amide bonds. The molecule has 0 saturated carbocycles. The number of nitrogens with zero attached hydrogens (tertiary/aromatic N) is 6. The molecule has 0 radical (unpaired) electrons. The number of carboxylic acids is 1. The van der Waals surface area contributed by atoms with Crippen LogP contribution in [0.5, 0.6) is 0 Å². The van der Waals surface area contributed by atoms with Gasteiger partial charge in [0.15, 0.2) is 6.23 Å². The molecule has 0 aliphatic carbocycles. The van der Waals surface area contributed by atoms with Gasteiger partial charge in [0.2, 0.25) is 5.95 Å². The first-order chi connectivity index (χ1) is 15.9. The highest BCUT2D eigenvalue weighted by atomic mass is 16.6. The number of aliphatic carboxylic acids is 1. The standard InChI is InChI=1S/C20H33N7O6/c1-23-15(3-2-5-24-9-13-27(14-10-24)18-21-19(30)33-22-18)17(32-20(23)31)26-11-7-25(8-12-26)6-4-16(28)29/h15,17H,2-14H2,1H3,(H,28,29)(H,21,22,30). The highest BCUT2D eigenvalue weighted by molar-refractivity contribution is 5.70. The third-order valence-electron chi connectivity index (χ3n) is 6.82. The predicted molar refractivity (Wildman–Crippen MR) is 117 cm³/mol. The summed E-state index contributed by atoms with van der Waals surface area (Å²) in [6.45, 7) is 7.82. The van der Waals surface area contributed by atoms with Crippen LogP contribution in [0.3, 0.4) is 0 Å². The van der Waals surface area contributed by atoms with Crippen LogP contribution in [0.1, 0.15) is 19.3 Å². The van der Waals surface area contributed by atoms with Crippen molar-refractivity contribution in [2.24, 2.45) is 0 Å². The van der Waals surface area contributed by atoms with E-state index in [1.807, 2.05) is 4.90 Å². The summed E-state index contributed by atoms with van der Waals surface area (Å²) in [4.78, 5) is 47.2. The fourth-order valence-electron chi connectivity index (χ4n) is 4.81. The average Bonchev–Trinajstić information content (AvgIpc) is 3.37. The lowest BCUT2D eigenvalue weighted by Gasteiger charge is -2.39. The minimum Gasteiger partial charge on any atom is -0.481 e. The van der Waals surface area contributed by atoms with Crippen LogP contribution < -0.4 is 10.7 Å². The van der Waals surface area contributed by atoms with Gasteiger partial charge in [0.1, 0.15) is 0 Å². The molecule has 3 aliphatic heterocycles. The first-order valence-electron chi connectivity index (χ1n) is 11.6. The molecule has 184 valence electrons. The lowest BCUT2D eigenvalue weighted by atomic mass is 10.1. The number of aromatic amines is 1. The number of anilines is 1. The van der Waals surface area contributed by atoms with Crippen molar-refractivity contribution in [3.05, 3.63) is 10.6 Å². The zero-order chi connectivity index (χ0) is 23.4. The van der Waals surface area contributed by atoms with Crippen molar-refractivity contribution >= 4 is 18.0 Å². The zero-order valence-corrected chi connectivity index (χ0v) is 19.0. The number of carboxylic acid groups (broad SMARTS) is 1. The molecule has 4 heterocycles. The monoisotopic (exact) mass is 467 g/mol. The number of rotatable bonds is 9. The molecule has 4 rings (SSSR count). The molecule has 0 bridgehead atoms. The van der Waals surface area contributed by atoms with E-state index in [4.69, 9.17) is 9.84 Å². The van der Waals surface area contributed by atoms with Crippen LogP contribution in [0.4, 0.5) is 10.7 Å². The number of amides is 1. The Hall–Kier alpha value is -2.64. The van der Waals surface area contributed by atoms with E-state index < -0.39 is 11.7 Å². The summed E-state index contributed by atoms with van der Waals surface area (Å²) in [6.07, 6.45) is 1.40. The number of hydrogen-bond donors (Lipinski definition) is 2. The molecule has 3 saturated heterocycles. The second-order valence-corrected chi connectivity index (χ2v) is 8.86. The number of likely N-dealkylation sites (N-methyl/N-ethyl adjacent to an activating group) is 1. The molecule has 0 aromatic carbocycles. The smallest absolute Gasteiger partial charge is 0.440 e. The van der Waals surface area contributed by atoms with Crippen molar-refractivity contribution in [3.63, 3.8) is 0 Å². The maximum Gasteiger partial charge on any atom is 0.440 e. The summed E-state index contributed by atoms with van der Waals surface area (Å²) in [5, 5.41) is 12.6. The van der Waals surface area contributed by atoms with Crippen molar-refractivity contribution in [1.82, 2.24) is 29.7 Å². The van der Waals surface area contributed by atoms with Crippen LogP contribution in [0.15, 0.2) is 9.32 Å². The summed E-state index contributed by atoms with van der Waals surface area (Å²) in [5.41, 5.74) is 0. The van der Waals surface area contributed by atoms with E-state index in [1.165, 1.54) is 0 Å². The number of aromatic nitrogens is 2. The van der Waals surface area contributed by atoms with E-state index in [9.17, 15) is 14.4 Å². The molecule has 0 spiro atoms. The number of carbonyl (C=O) groups is 2. The largest absolute Gasteiger partial charge is 0.481 e. The van der Waals surface area contributed by atoms with Gasteiger partial charge < -0.3 is 24.5 Å². The van der Waals surface area contributed by atoms with Crippen molar-refractivity contribution in [2.75, 3.05) is 77.4 Å². The number of piperazine rings is 2. The molecular formula is C20H33N7O6. The number of H-pyrrole nitrogens is 1. The first-order valence-corrected chi connectivity index (χ1v) is 11.6. The van der Waals surface area contributed by atoms with Crippen LogP contribution in [0.2, 0.25) is 0 Å². The van der Waals surface area contributed by atoms with Gasteiger partial charge in [0, 0.05) is 66.0 Å². The second-order valence-electron chi connectivity index (χ2n) is 8.86. The molecular weight excluding hydrogens is 434 g/mol. The van der Waals surface area contributed by atoms with Gasteiger partial charge >= 0.3 is 17.8 Å². The lowest BCUT2D eigenvalue weighted by molar-refractivity contribution is -0.137. The predicted octanol–water partition coefficient (Wildman–Crippen LogP) is -0.866. The van der Waals surface area contributed by atoms with Crippen LogP contribution in [0, 0.1) is 0 Å². The SMILES string of the molecule is CN1C(=O)OC(N2CCN(CCC(=O)O)CC2)C1CCCN1CCN(c2noc(=O)[nH]2)CC1. The van der Waals surface area contributed by atoms with E-state index in [0.29, 0.717) is 12.5 Å². The summed E-state index contributed by atoms with van der Waals surface area (Å²) in [7, 11) is 1.80. The van der Waals surface area contributed by atoms with Gasteiger partial charge in [0.25, 0.3) is 0 Å². The Kier molecular flexibility index (Phi) is 7.50. The highest BCUT2D eigenvalue weighted by Crippen LogP contribution is 2.26. The summed E-state index contributed by atoms with van der Waals surface area (Å²) in [6, 6.07) is 0.00423. The summed E-state index contributed by atoms with van der Waals surface area (Å²) in [5.74, 6) is -0.840. The van der Waals surface area contributed by atoms with Gasteiger partial charge in [-0.1, -0.05) is 0 Å². The molecule has 2 unspecified atom stereocenters. The van der Waals surface area contributed by atoms with Gasteiger partial charge in [-0.2, -0.15) is 0 Å². The Morgan fingerprint density at radius 2 is 1.73 bits per heavy atom.